The van der Waals surface area contributed by atoms with Crippen molar-refractivity contribution in [2.45, 2.75) is 90.0 Å². The van der Waals surface area contributed by atoms with Gasteiger partial charge in [-0.05, 0) is 47.9 Å². The van der Waals surface area contributed by atoms with Crippen LogP contribution >= 0.6 is 12.2 Å². The fraction of sp³-hybridized carbons (Fsp3) is 0.550. The number of nitrogens with zero attached hydrogens (tertiary/aromatic N) is 1. The van der Waals surface area contributed by atoms with Crippen LogP contribution in [0.2, 0.25) is 0 Å². The summed E-state index contributed by atoms with van der Waals surface area (Å²) in [5.41, 5.74) is -1.30. The van der Waals surface area contributed by atoms with Crippen molar-refractivity contribution < 1.29 is 36.7 Å². The number of ether oxygens (including phenoxy) is 1. The number of aromatic nitrogens is 1. The zero-order valence-electron chi connectivity index (χ0n) is 31.8. The molecule has 1 aromatic heterocycles. The van der Waals surface area contributed by atoms with Gasteiger partial charge in [-0.2, -0.15) is 13.2 Å². The van der Waals surface area contributed by atoms with Crippen LogP contribution < -0.4 is 21.3 Å². The lowest BCUT2D eigenvalue weighted by atomic mass is 9.78. The average Bonchev–Trinajstić information content (AvgIpc) is 3.53. The molecule has 5 N–H and O–H groups in total. The lowest BCUT2D eigenvalue weighted by molar-refractivity contribution is -0.137. The van der Waals surface area contributed by atoms with E-state index in [1.165, 1.54) is 24.3 Å². The zero-order chi connectivity index (χ0) is 39.9. The van der Waals surface area contributed by atoms with Gasteiger partial charge in [0.2, 0.25) is 17.7 Å². The second-order valence-electron chi connectivity index (χ2n) is 14.8. The summed E-state index contributed by atoms with van der Waals surface area (Å²) in [6, 6.07) is 8.09. The fourth-order valence-electron chi connectivity index (χ4n) is 7.37. The number of alkyl halides is 3. The number of hydrogen-bond acceptors (Lipinski definition) is 6. The van der Waals surface area contributed by atoms with Gasteiger partial charge < -0.3 is 31.0 Å². The summed E-state index contributed by atoms with van der Waals surface area (Å²) in [4.78, 5) is 48.1. The van der Waals surface area contributed by atoms with Crippen molar-refractivity contribution in [1.29, 1.82) is 0 Å². The van der Waals surface area contributed by atoms with E-state index in [0.29, 0.717) is 54.2 Å². The maximum absolute atomic E-state index is 14.8. The molecule has 10 nitrogen and oxygen atoms in total. The highest BCUT2D eigenvalue weighted by atomic mass is 32.1. The summed E-state index contributed by atoms with van der Waals surface area (Å²) in [5, 5.41) is 12.5. The number of halogens is 4. The van der Waals surface area contributed by atoms with Crippen molar-refractivity contribution in [3.05, 3.63) is 70.7 Å². The van der Waals surface area contributed by atoms with E-state index < -0.39 is 52.9 Å². The van der Waals surface area contributed by atoms with Gasteiger partial charge in [0.15, 0.2) is 0 Å². The van der Waals surface area contributed by atoms with E-state index in [4.69, 9.17) is 17.0 Å². The summed E-state index contributed by atoms with van der Waals surface area (Å²) in [7, 11) is 0. The maximum atomic E-state index is 14.8. The Morgan fingerprint density at radius 1 is 0.982 bits per heavy atom. The number of rotatable bonds is 15. The summed E-state index contributed by atoms with van der Waals surface area (Å²) in [5.74, 6) is -2.77. The number of carbonyl (C=O) groups is 3. The number of para-hydroxylation sites is 1. The first-order valence-corrected chi connectivity index (χ1v) is 19.5. The summed E-state index contributed by atoms with van der Waals surface area (Å²) in [6.07, 6.45) is -3.63. The molecule has 5 atom stereocenters. The minimum atomic E-state index is -4.62. The monoisotopic (exact) mass is 788 g/mol. The molecule has 0 radical (unpaired) electrons. The number of thiocarbonyl (C=S) groups is 1. The van der Waals surface area contributed by atoms with Crippen molar-refractivity contribution in [2.75, 3.05) is 39.4 Å². The number of benzene rings is 2. The van der Waals surface area contributed by atoms with Crippen LogP contribution in [-0.4, -0.2) is 89.6 Å². The zero-order valence-corrected chi connectivity index (χ0v) is 32.7. The van der Waals surface area contributed by atoms with Crippen LogP contribution in [0.5, 0.6) is 0 Å². The molecule has 2 aliphatic rings. The van der Waals surface area contributed by atoms with Crippen molar-refractivity contribution in [3.63, 3.8) is 0 Å². The van der Waals surface area contributed by atoms with Gasteiger partial charge in [0.05, 0.1) is 41.7 Å². The number of amides is 3. The Bertz CT molecular complexity index is 1850. The van der Waals surface area contributed by atoms with Crippen molar-refractivity contribution in [2.24, 2.45) is 11.8 Å². The lowest BCUT2D eigenvalue weighted by Crippen LogP contribution is -2.67. The molecule has 0 saturated carbocycles. The largest absolute Gasteiger partial charge is 0.418 e. The first-order chi connectivity index (χ1) is 26.2. The molecule has 15 heteroatoms. The number of fused-ring (bicyclic) bond motifs is 3. The molecule has 1 aliphatic carbocycles. The van der Waals surface area contributed by atoms with Gasteiger partial charge >= 0.3 is 6.18 Å². The summed E-state index contributed by atoms with van der Waals surface area (Å²) in [6.45, 7) is 11.8. The van der Waals surface area contributed by atoms with Crippen molar-refractivity contribution >= 4 is 45.8 Å². The topological polar surface area (TPSA) is 128 Å². The van der Waals surface area contributed by atoms with E-state index in [9.17, 15) is 31.9 Å². The Labute approximate surface area is 324 Å². The fourth-order valence-corrected chi connectivity index (χ4v) is 7.77. The molecule has 0 bridgehead atoms. The Balaban J connectivity index is 1.45. The van der Waals surface area contributed by atoms with Gasteiger partial charge in [0.25, 0.3) is 0 Å². The predicted octanol–water partition coefficient (Wildman–Crippen LogP) is 5.22. The highest BCUT2D eigenvalue weighted by Gasteiger charge is 2.47. The third-order valence-electron chi connectivity index (χ3n) is 11.1. The predicted molar refractivity (Wildman–Crippen MR) is 207 cm³/mol. The first kappa shape index (κ1) is 42.1. The average molecular weight is 789 g/mol. The van der Waals surface area contributed by atoms with Crippen LogP contribution in [0.15, 0.2) is 42.5 Å². The molecule has 2 unspecified atom stereocenters. The van der Waals surface area contributed by atoms with Gasteiger partial charge in [0.1, 0.15) is 17.4 Å². The van der Waals surface area contributed by atoms with E-state index in [-0.39, 0.29) is 48.6 Å². The van der Waals surface area contributed by atoms with E-state index in [1.807, 2.05) is 20.8 Å². The molecule has 2 heterocycles. The molecule has 5 rings (SSSR count). The molecule has 55 heavy (non-hydrogen) atoms. The van der Waals surface area contributed by atoms with E-state index in [0.717, 1.165) is 25.7 Å². The SMILES string of the molecule is CCC(C)[C@H](NC(=O)Cc1ccccc1F)C(=O)N[C@]1(C(=O)NC(C(=S)NCCN2CCOCC2)[C@@H](C)CC)CCc2[nH]c3c(C(F)(F)F)cccc3c2C1. The van der Waals surface area contributed by atoms with Crippen LogP contribution in [0.1, 0.15) is 69.3 Å². The maximum Gasteiger partial charge on any atom is 0.418 e. The molecule has 0 spiro atoms. The normalized spacial score (nSPS) is 19.8. The van der Waals surface area contributed by atoms with Crippen LogP contribution in [0.4, 0.5) is 17.6 Å². The molecule has 1 fully saturated rings. The Hall–Kier alpha value is -4.08. The van der Waals surface area contributed by atoms with Crippen LogP contribution in [-0.2, 0) is 44.6 Å². The van der Waals surface area contributed by atoms with E-state index >= 15 is 0 Å². The molecule has 1 aliphatic heterocycles. The molecule has 3 amide bonds. The van der Waals surface area contributed by atoms with Gasteiger partial charge in [-0.15, -0.1) is 0 Å². The number of aryl methyl sites for hydroxylation is 1. The first-order valence-electron chi connectivity index (χ1n) is 19.1. The number of aromatic amines is 1. The van der Waals surface area contributed by atoms with Gasteiger partial charge in [-0.3, -0.25) is 19.3 Å². The lowest BCUT2D eigenvalue weighted by Gasteiger charge is -2.40. The van der Waals surface area contributed by atoms with Crippen LogP contribution in [0, 0.1) is 17.7 Å². The smallest absolute Gasteiger partial charge is 0.379 e. The number of hydrogen-bond donors (Lipinski definition) is 5. The standard InChI is InChI=1S/C40H52F4N6O4S/c1-5-24(3)33(47-32(51)22-26-10-7-8-13-30(26)41)36(52)49-39(15-14-31-28(23-39)27-11-9-12-29(35(27)46-31)40(42,43)44)38(53)48-34(25(4)6-2)37(55)45-16-17-50-18-20-54-21-19-50/h7-13,24-25,33-34,46H,5-6,14-23H2,1-4H3,(H,45,55)(H,47,51)(H,48,53)(H,49,52)/t24?,25-,33-,34?,39+/m0/s1. The minimum Gasteiger partial charge on any atom is -0.379 e. The molecule has 2 aromatic carbocycles. The number of carbonyl (C=O) groups excluding carboxylic acids is 3. The van der Waals surface area contributed by atoms with E-state index in [1.54, 1.807) is 19.1 Å². The molecular formula is C40H52F4N6O4S. The third-order valence-corrected chi connectivity index (χ3v) is 11.5. The second-order valence-corrected chi connectivity index (χ2v) is 15.3. The van der Waals surface area contributed by atoms with Gasteiger partial charge in [-0.25, -0.2) is 4.39 Å². The quantitative estimate of drug-likeness (QED) is 0.106. The Kier molecular flexibility index (Phi) is 14.0. The Morgan fingerprint density at radius 2 is 1.67 bits per heavy atom. The van der Waals surface area contributed by atoms with Crippen LogP contribution in [0.25, 0.3) is 10.9 Å². The Morgan fingerprint density at radius 3 is 2.35 bits per heavy atom. The third kappa shape index (κ3) is 10.0. The molecular weight excluding hydrogens is 737 g/mol. The number of morpholine rings is 1. The minimum absolute atomic E-state index is 0.0621. The van der Waals surface area contributed by atoms with Crippen molar-refractivity contribution in [1.82, 2.24) is 31.2 Å². The summed E-state index contributed by atoms with van der Waals surface area (Å²) >= 11 is 5.85. The van der Waals surface area contributed by atoms with Crippen LogP contribution in [0.3, 0.4) is 0 Å². The summed E-state index contributed by atoms with van der Waals surface area (Å²) < 4.78 is 62.2. The second kappa shape index (κ2) is 18.2. The van der Waals surface area contributed by atoms with E-state index in [2.05, 4.69) is 31.2 Å². The van der Waals surface area contributed by atoms with Gasteiger partial charge in [0, 0.05) is 43.7 Å². The van der Waals surface area contributed by atoms with Gasteiger partial charge in [-0.1, -0.05) is 83.1 Å². The number of H-pyrrole nitrogens is 1. The highest BCUT2D eigenvalue weighted by Crippen LogP contribution is 2.40. The molecule has 1 saturated heterocycles. The van der Waals surface area contributed by atoms with Crippen molar-refractivity contribution in [3.8, 4) is 0 Å². The highest BCUT2D eigenvalue weighted by molar-refractivity contribution is 7.80. The molecule has 300 valence electrons. The molecule has 3 aromatic rings. The number of nitrogens with one attached hydrogen (secondary N) is 5.